The number of hydrogen-bond acceptors (Lipinski definition) is 4. The van der Waals surface area contributed by atoms with E-state index in [2.05, 4.69) is 5.32 Å². The highest BCUT2D eigenvalue weighted by molar-refractivity contribution is 7.92. The minimum Gasteiger partial charge on any atom is -0.350 e. The quantitative estimate of drug-likeness (QED) is 0.391. The van der Waals surface area contributed by atoms with Crippen molar-refractivity contribution in [1.29, 1.82) is 0 Å². The lowest BCUT2D eigenvalue weighted by molar-refractivity contribution is -0.139. The summed E-state index contributed by atoms with van der Waals surface area (Å²) in [6.45, 7) is 11.0. The van der Waals surface area contributed by atoms with Crippen LogP contribution in [0.2, 0.25) is 0 Å². The molecule has 0 radical (unpaired) electrons. The van der Waals surface area contributed by atoms with Crippen LogP contribution in [0.25, 0.3) is 0 Å². The number of sulfonamides is 1. The van der Waals surface area contributed by atoms with E-state index in [0.29, 0.717) is 12.1 Å². The molecule has 0 aliphatic carbocycles. The third kappa shape index (κ3) is 7.93. The van der Waals surface area contributed by atoms with Crippen LogP contribution in [0.3, 0.4) is 0 Å². The van der Waals surface area contributed by atoms with E-state index in [1.807, 2.05) is 71.0 Å². The van der Waals surface area contributed by atoms with E-state index in [0.717, 1.165) is 21.0 Å². The minimum absolute atomic E-state index is 0.0883. The van der Waals surface area contributed by atoms with Crippen LogP contribution >= 0.6 is 0 Å². The van der Waals surface area contributed by atoms with Crippen molar-refractivity contribution in [2.24, 2.45) is 0 Å². The fraction of sp³-hybridized carbons (Fsp3) is 0.355. The van der Waals surface area contributed by atoms with Crippen molar-refractivity contribution in [1.82, 2.24) is 10.2 Å². The Morgan fingerprint density at radius 3 is 2.03 bits per heavy atom. The molecule has 0 aliphatic rings. The van der Waals surface area contributed by atoms with Crippen LogP contribution < -0.4 is 9.62 Å². The molecule has 3 rings (SSSR count). The van der Waals surface area contributed by atoms with Gasteiger partial charge in [0, 0.05) is 12.1 Å². The maximum atomic E-state index is 13.9. The van der Waals surface area contributed by atoms with Crippen molar-refractivity contribution in [3.63, 3.8) is 0 Å². The first-order chi connectivity index (χ1) is 18.3. The van der Waals surface area contributed by atoms with Gasteiger partial charge in [-0.1, -0.05) is 54.6 Å². The number of nitrogens with one attached hydrogen (secondary N) is 1. The molecule has 0 aromatic heterocycles. The third-order valence-electron chi connectivity index (χ3n) is 6.54. The molecule has 0 saturated carbocycles. The number of carbonyl (C=O) groups is 2. The first-order valence-electron chi connectivity index (χ1n) is 13.1. The van der Waals surface area contributed by atoms with E-state index in [-0.39, 0.29) is 17.3 Å². The van der Waals surface area contributed by atoms with E-state index in [9.17, 15) is 18.0 Å². The Bertz CT molecular complexity index is 1380. The molecule has 1 atom stereocenters. The van der Waals surface area contributed by atoms with Crippen LogP contribution in [0.5, 0.6) is 0 Å². The van der Waals surface area contributed by atoms with Crippen molar-refractivity contribution >= 4 is 27.5 Å². The summed E-state index contributed by atoms with van der Waals surface area (Å²) in [6.07, 6.45) is 0.523. The highest BCUT2D eigenvalue weighted by Gasteiger charge is 2.33. The van der Waals surface area contributed by atoms with Gasteiger partial charge in [0.05, 0.1) is 10.6 Å². The van der Waals surface area contributed by atoms with Gasteiger partial charge in [-0.3, -0.25) is 13.9 Å². The Labute approximate surface area is 232 Å². The smallest absolute Gasteiger partial charge is 0.264 e. The van der Waals surface area contributed by atoms with Gasteiger partial charge >= 0.3 is 0 Å². The SMILES string of the molecule is Cc1ccc(N(CC(=O)N(CCc2ccccc2)[C@H](C)C(=O)NC(C)(C)C)S(=O)(=O)c2ccccc2)cc1C. The van der Waals surface area contributed by atoms with Gasteiger partial charge in [-0.25, -0.2) is 8.42 Å². The summed E-state index contributed by atoms with van der Waals surface area (Å²) < 4.78 is 28.8. The lowest BCUT2D eigenvalue weighted by atomic mass is 10.1. The maximum absolute atomic E-state index is 13.9. The van der Waals surface area contributed by atoms with Crippen LogP contribution in [-0.2, 0) is 26.0 Å². The third-order valence-corrected chi connectivity index (χ3v) is 8.33. The molecule has 0 heterocycles. The predicted octanol–water partition coefficient (Wildman–Crippen LogP) is 4.87. The Hall–Kier alpha value is -3.65. The summed E-state index contributed by atoms with van der Waals surface area (Å²) in [5, 5.41) is 2.94. The first kappa shape index (κ1) is 29.9. The molecule has 3 aromatic carbocycles. The van der Waals surface area contributed by atoms with Gasteiger partial charge in [-0.05, 0) is 88.9 Å². The molecule has 7 nitrogen and oxygen atoms in total. The number of hydrogen-bond donors (Lipinski definition) is 1. The van der Waals surface area contributed by atoms with E-state index in [4.69, 9.17) is 0 Å². The molecule has 0 aliphatic heterocycles. The van der Waals surface area contributed by atoms with Crippen molar-refractivity contribution < 1.29 is 18.0 Å². The first-order valence-corrected chi connectivity index (χ1v) is 14.5. The second-order valence-corrected chi connectivity index (χ2v) is 12.7. The van der Waals surface area contributed by atoms with Gasteiger partial charge in [0.15, 0.2) is 0 Å². The summed E-state index contributed by atoms with van der Waals surface area (Å²) in [5.41, 5.74) is 2.85. The average molecular weight is 550 g/mol. The minimum atomic E-state index is -4.07. The zero-order valence-corrected chi connectivity index (χ0v) is 24.5. The Morgan fingerprint density at radius 1 is 0.872 bits per heavy atom. The molecule has 0 unspecified atom stereocenters. The number of benzene rings is 3. The summed E-state index contributed by atoms with van der Waals surface area (Å²) in [7, 11) is -4.07. The lowest BCUT2D eigenvalue weighted by Gasteiger charge is -2.33. The van der Waals surface area contributed by atoms with E-state index in [1.165, 1.54) is 17.0 Å². The monoisotopic (exact) mass is 549 g/mol. The van der Waals surface area contributed by atoms with Crippen LogP contribution in [0.15, 0.2) is 83.8 Å². The molecule has 0 fully saturated rings. The van der Waals surface area contributed by atoms with Crippen LogP contribution in [0.1, 0.15) is 44.4 Å². The van der Waals surface area contributed by atoms with E-state index >= 15 is 0 Å². The number of rotatable bonds is 10. The molecule has 0 bridgehead atoms. The Morgan fingerprint density at radius 2 is 1.46 bits per heavy atom. The molecule has 3 aromatic rings. The molecule has 0 spiro atoms. The number of carbonyl (C=O) groups excluding carboxylic acids is 2. The normalized spacial score (nSPS) is 12.5. The Kier molecular flexibility index (Phi) is 9.56. The van der Waals surface area contributed by atoms with Gasteiger partial charge in [0.1, 0.15) is 12.6 Å². The Balaban J connectivity index is 2.00. The largest absolute Gasteiger partial charge is 0.350 e. The molecule has 8 heteroatoms. The molecule has 2 amide bonds. The summed E-state index contributed by atoms with van der Waals surface area (Å²) >= 11 is 0. The fourth-order valence-electron chi connectivity index (χ4n) is 4.17. The molecule has 39 heavy (non-hydrogen) atoms. The van der Waals surface area contributed by atoms with Crippen LogP contribution in [-0.4, -0.2) is 49.8 Å². The van der Waals surface area contributed by atoms with Crippen molar-refractivity contribution in [3.05, 3.63) is 95.6 Å². The molecular formula is C31H39N3O4S. The average Bonchev–Trinajstić information content (AvgIpc) is 2.89. The second-order valence-electron chi connectivity index (χ2n) is 10.8. The van der Waals surface area contributed by atoms with E-state index < -0.39 is 34.1 Å². The second kappa shape index (κ2) is 12.5. The number of anilines is 1. The lowest BCUT2D eigenvalue weighted by Crippen LogP contribution is -2.55. The molecule has 208 valence electrons. The van der Waals surface area contributed by atoms with Crippen molar-refractivity contribution in [2.45, 2.75) is 64.4 Å². The zero-order chi connectivity index (χ0) is 28.8. The number of nitrogens with zero attached hydrogens (tertiary/aromatic N) is 2. The summed E-state index contributed by atoms with van der Waals surface area (Å²) in [5.74, 6) is -0.757. The van der Waals surface area contributed by atoms with E-state index in [1.54, 1.807) is 37.3 Å². The molecule has 0 saturated heterocycles. The highest BCUT2D eigenvalue weighted by atomic mass is 32.2. The molecule has 1 N–H and O–H groups in total. The van der Waals surface area contributed by atoms with Crippen molar-refractivity contribution in [3.8, 4) is 0 Å². The van der Waals surface area contributed by atoms with Crippen LogP contribution in [0.4, 0.5) is 5.69 Å². The summed E-state index contributed by atoms with van der Waals surface area (Å²) in [4.78, 5) is 28.6. The molecular weight excluding hydrogens is 510 g/mol. The van der Waals surface area contributed by atoms with Gasteiger partial charge < -0.3 is 10.2 Å². The summed E-state index contributed by atoms with van der Waals surface area (Å²) in [6, 6.07) is 22.3. The van der Waals surface area contributed by atoms with Crippen LogP contribution in [0, 0.1) is 13.8 Å². The number of aryl methyl sites for hydroxylation is 2. The topological polar surface area (TPSA) is 86.8 Å². The van der Waals surface area contributed by atoms with Crippen molar-refractivity contribution in [2.75, 3.05) is 17.4 Å². The van der Waals surface area contributed by atoms with Gasteiger partial charge in [-0.2, -0.15) is 0 Å². The van der Waals surface area contributed by atoms with Gasteiger partial charge in [0.2, 0.25) is 11.8 Å². The number of amides is 2. The van der Waals surface area contributed by atoms with Gasteiger partial charge in [0.25, 0.3) is 10.0 Å². The van der Waals surface area contributed by atoms with Gasteiger partial charge in [-0.15, -0.1) is 0 Å². The highest BCUT2D eigenvalue weighted by Crippen LogP contribution is 2.26. The maximum Gasteiger partial charge on any atom is 0.264 e. The standard InChI is InChI=1S/C31H39N3O4S/c1-23-17-18-27(21-24(23)2)34(39(37,38)28-15-11-8-12-16-28)22-29(35)33(20-19-26-13-9-7-10-14-26)25(3)30(36)32-31(4,5)6/h7-18,21,25H,19-20,22H2,1-6H3,(H,32,36)/t25-/m1/s1. The fourth-order valence-corrected chi connectivity index (χ4v) is 5.60. The zero-order valence-electron chi connectivity index (χ0n) is 23.6. The predicted molar refractivity (Wildman–Crippen MR) is 156 cm³/mol.